The van der Waals surface area contributed by atoms with Gasteiger partial charge in [0.15, 0.2) is 0 Å². The van der Waals surface area contributed by atoms with Crippen LogP contribution in [0, 0.1) is 17.1 Å². The first-order valence-electron chi connectivity index (χ1n) is 4.49. The lowest BCUT2D eigenvalue weighted by Gasteiger charge is -2.01. The molecule has 1 heterocycles. The highest BCUT2D eigenvalue weighted by atomic mass is 19.1. The van der Waals surface area contributed by atoms with E-state index >= 15 is 0 Å². The molecule has 4 nitrogen and oxygen atoms in total. The third kappa shape index (κ3) is 1.96. The Morgan fingerprint density at radius 3 is 2.62 bits per heavy atom. The minimum Gasteiger partial charge on any atom is -0.382 e. The van der Waals surface area contributed by atoms with Gasteiger partial charge in [-0.25, -0.2) is 4.39 Å². The van der Waals surface area contributed by atoms with Gasteiger partial charge in [-0.15, -0.1) is 10.2 Å². The van der Waals surface area contributed by atoms with Crippen LogP contribution in [0.15, 0.2) is 30.3 Å². The zero-order valence-electron chi connectivity index (χ0n) is 8.18. The Kier molecular flexibility index (Phi) is 2.48. The fraction of sp³-hybridized carbons (Fsp3) is 0. The van der Waals surface area contributed by atoms with Crippen molar-refractivity contribution in [1.82, 2.24) is 10.2 Å². The molecule has 0 bridgehead atoms. The number of rotatable bonds is 1. The molecule has 0 unspecified atom stereocenters. The monoisotopic (exact) mass is 214 g/mol. The summed E-state index contributed by atoms with van der Waals surface area (Å²) in [4.78, 5) is 0. The fourth-order valence-corrected chi connectivity index (χ4v) is 1.30. The van der Waals surface area contributed by atoms with Gasteiger partial charge in [0, 0.05) is 5.56 Å². The highest BCUT2D eigenvalue weighted by molar-refractivity contribution is 5.61. The normalized spacial score (nSPS) is 9.75. The summed E-state index contributed by atoms with van der Waals surface area (Å²) >= 11 is 0. The van der Waals surface area contributed by atoms with Crippen molar-refractivity contribution in [2.45, 2.75) is 0 Å². The van der Waals surface area contributed by atoms with Crippen molar-refractivity contribution in [1.29, 1.82) is 5.26 Å². The molecule has 1 aromatic carbocycles. The molecular weight excluding hydrogens is 207 g/mol. The van der Waals surface area contributed by atoms with E-state index in [1.165, 1.54) is 6.07 Å². The Balaban J connectivity index is 2.52. The van der Waals surface area contributed by atoms with Gasteiger partial charge in [-0.3, -0.25) is 0 Å². The number of anilines is 1. The second-order valence-corrected chi connectivity index (χ2v) is 3.18. The van der Waals surface area contributed by atoms with Crippen LogP contribution in [0.25, 0.3) is 11.3 Å². The molecule has 16 heavy (non-hydrogen) atoms. The molecule has 78 valence electrons. The number of nitriles is 1. The van der Waals surface area contributed by atoms with Crippen LogP contribution in [0.4, 0.5) is 10.2 Å². The van der Waals surface area contributed by atoms with Crippen molar-refractivity contribution in [3.05, 3.63) is 41.7 Å². The van der Waals surface area contributed by atoms with E-state index in [-0.39, 0.29) is 5.56 Å². The quantitative estimate of drug-likeness (QED) is 0.784. The second kappa shape index (κ2) is 3.95. The highest BCUT2D eigenvalue weighted by Crippen LogP contribution is 2.19. The van der Waals surface area contributed by atoms with Crippen LogP contribution in [0.3, 0.4) is 0 Å². The number of nitrogens with two attached hydrogens (primary N) is 1. The molecule has 2 rings (SSSR count). The molecule has 0 radical (unpaired) electrons. The summed E-state index contributed by atoms with van der Waals surface area (Å²) in [7, 11) is 0. The van der Waals surface area contributed by atoms with E-state index in [1.54, 1.807) is 18.2 Å². The fourth-order valence-electron chi connectivity index (χ4n) is 1.30. The number of nitrogens with zero attached hydrogens (tertiary/aromatic N) is 3. The molecule has 2 aromatic rings. The number of hydrogen-bond donors (Lipinski definition) is 1. The summed E-state index contributed by atoms with van der Waals surface area (Å²) in [6.07, 6.45) is 0. The smallest absolute Gasteiger partial charge is 0.146 e. The molecule has 0 aliphatic carbocycles. The maximum atomic E-state index is 13.2. The predicted molar refractivity (Wildman–Crippen MR) is 56.6 cm³/mol. The summed E-state index contributed by atoms with van der Waals surface area (Å²) in [6, 6.07) is 9.07. The van der Waals surface area contributed by atoms with Gasteiger partial charge in [-0.1, -0.05) is 0 Å². The van der Waals surface area contributed by atoms with Crippen molar-refractivity contribution < 1.29 is 4.39 Å². The molecule has 0 atom stereocenters. The van der Waals surface area contributed by atoms with Gasteiger partial charge in [-0.05, 0) is 30.3 Å². The SMILES string of the molecule is N#Cc1cc(F)cc(-c2ccc(N)nn2)c1. The van der Waals surface area contributed by atoms with Crippen molar-refractivity contribution in [2.24, 2.45) is 0 Å². The van der Waals surface area contributed by atoms with E-state index in [1.807, 2.05) is 6.07 Å². The Labute approximate surface area is 91.2 Å². The predicted octanol–water partition coefficient (Wildman–Crippen LogP) is 1.74. The lowest BCUT2D eigenvalue weighted by atomic mass is 10.1. The van der Waals surface area contributed by atoms with E-state index in [0.717, 1.165) is 6.07 Å². The third-order valence-corrected chi connectivity index (χ3v) is 2.01. The lowest BCUT2D eigenvalue weighted by Crippen LogP contribution is -1.94. The summed E-state index contributed by atoms with van der Waals surface area (Å²) in [5.41, 5.74) is 6.62. The minimum absolute atomic E-state index is 0.244. The molecule has 0 aliphatic heterocycles. The Morgan fingerprint density at radius 1 is 1.19 bits per heavy atom. The number of hydrogen-bond acceptors (Lipinski definition) is 4. The molecule has 5 heteroatoms. The molecule has 0 saturated heterocycles. The van der Waals surface area contributed by atoms with Crippen molar-refractivity contribution in [2.75, 3.05) is 5.73 Å². The second-order valence-electron chi connectivity index (χ2n) is 3.18. The topological polar surface area (TPSA) is 75.6 Å². The van der Waals surface area contributed by atoms with Gasteiger partial charge in [-0.2, -0.15) is 5.26 Å². The van der Waals surface area contributed by atoms with Crippen LogP contribution >= 0.6 is 0 Å². The van der Waals surface area contributed by atoms with Gasteiger partial charge >= 0.3 is 0 Å². The van der Waals surface area contributed by atoms with E-state index in [9.17, 15) is 4.39 Å². The zero-order chi connectivity index (χ0) is 11.5. The summed E-state index contributed by atoms with van der Waals surface area (Å²) in [5, 5.41) is 16.2. The molecule has 0 aliphatic rings. The van der Waals surface area contributed by atoms with Crippen LogP contribution in [0.2, 0.25) is 0 Å². The van der Waals surface area contributed by atoms with Gasteiger partial charge in [0.25, 0.3) is 0 Å². The molecule has 0 fully saturated rings. The van der Waals surface area contributed by atoms with Crippen LogP contribution in [-0.2, 0) is 0 Å². The maximum Gasteiger partial charge on any atom is 0.146 e. The first-order valence-corrected chi connectivity index (χ1v) is 4.49. The van der Waals surface area contributed by atoms with Crippen LogP contribution in [0.5, 0.6) is 0 Å². The Hall–Kier alpha value is -2.48. The van der Waals surface area contributed by atoms with Gasteiger partial charge < -0.3 is 5.73 Å². The van der Waals surface area contributed by atoms with Crippen LogP contribution < -0.4 is 5.73 Å². The van der Waals surface area contributed by atoms with Crippen molar-refractivity contribution >= 4 is 5.82 Å². The summed E-state index contributed by atoms with van der Waals surface area (Å²) in [5.74, 6) is -0.187. The standard InChI is InChI=1S/C11H7FN4/c12-9-4-7(6-13)3-8(5-9)10-1-2-11(14)16-15-10/h1-5H,(H2,14,16). The Morgan fingerprint density at radius 2 is 2.00 bits per heavy atom. The zero-order valence-corrected chi connectivity index (χ0v) is 8.18. The van der Waals surface area contributed by atoms with E-state index in [0.29, 0.717) is 17.1 Å². The molecule has 0 spiro atoms. The minimum atomic E-state index is -0.479. The summed E-state index contributed by atoms with van der Waals surface area (Å²) in [6.45, 7) is 0. The Bertz CT molecular complexity index is 557. The van der Waals surface area contributed by atoms with Crippen molar-refractivity contribution in [3.8, 4) is 17.3 Å². The summed E-state index contributed by atoms with van der Waals surface area (Å²) < 4.78 is 13.2. The number of benzene rings is 1. The van der Waals surface area contributed by atoms with Crippen LogP contribution in [0.1, 0.15) is 5.56 Å². The number of nitrogen functional groups attached to an aromatic ring is 1. The molecule has 0 amide bonds. The first kappa shape index (κ1) is 10.1. The molecular formula is C11H7FN4. The highest BCUT2D eigenvalue weighted by Gasteiger charge is 2.04. The van der Waals surface area contributed by atoms with Gasteiger partial charge in [0.1, 0.15) is 11.6 Å². The van der Waals surface area contributed by atoms with Gasteiger partial charge in [0.2, 0.25) is 0 Å². The average molecular weight is 214 g/mol. The maximum absolute atomic E-state index is 13.2. The third-order valence-electron chi connectivity index (χ3n) is 2.01. The average Bonchev–Trinajstić information content (AvgIpc) is 2.29. The number of aromatic nitrogens is 2. The van der Waals surface area contributed by atoms with Gasteiger partial charge in [0.05, 0.1) is 17.3 Å². The van der Waals surface area contributed by atoms with Crippen LogP contribution in [-0.4, -0.2) is 10.2 Å². The largest absolute Gasteiger partial charge is 0.382 e. The molecule has 0 saturated carbocycles. The van der Waals surface area contributed by atoms with E-state index < -0.39 is 5.82 Å². The lowest BCUT2D eigenvalue weighted by molar-refractivity contribution is 0.627. The molecule has 1 aromatic heterocycles. The molecule has 2 N–H and O–H groups in total. The first-order chi connectivity index (χ1) is 7.69. The van der Waals surface area contributed by atoms with E-state index in [2.05, 4.69) is 10.2 Å². The van der Waals surface area contributed by atoms with E-state index in [4.69, 9.17) is 11.0 Å². The van der Waals surface area contributed by atoms with Crippen molar-refractivity contribution in [3.63, 3.8) is 0 Å². The number of halogens is 1.